The summed E-state index contributed by atoms with van der Waals surface area (Å²) >= 11 is 3.17. The molecule has 0 radical (unpaired) electrons. The molecule has 0 aliphatic heterocycles. The van der Waals surface area contributed by atoms with E-state index < -0.39 is 11.9 Å². The second-order valence-electron chi connectivity index (χ2n) is 3.51. The number of aromatic nitrogens is 2. The maximum atomic E-state index is 13.5. The summed E-state index contributed by atoms with van der Waals surface area (Å²) in [5.74, 6) is 0.551. The van der Waals surface area contributed by atoms with Gasteiger partial charge in [-0.1, -0.05) is 21.1 Å². The van der Waals surface area contributed by atoms with Gasteiger partial charge in [0.25, 0.3) is 5.89 Å². The Hall–Kier alpha value is -1.43. The molecular formula is C11H10BrFN2O2. The van der Waals surface area contributed by atoms with E-state index in [1.807, 2.05) is 0 Å². The summed E-state index contributed by atoms with van der Waals surface area (Å²) in [7, 11) is 0. The van der Waals surface area contributed by atoms with Crippen molar-refractivity contribution in [3.8, 4) is 5.75 Å². The molecule has 0 aliphatic carbocycles. The van der Waals surface area contributed by atoms with E-state index in [9.17, 15) is 4.39 Å². The fraction of sp³-hybridized carbons (Fsp3) is 0.273. The number of hydrogen-bond acceptors (Lipinski definition) is 4. The Bertz CT molecular complexity index is 530. The average molecular weight is 301 g/mol. The highest BCUT2D eigenvalue weighted by Crippen LogP contribution is 2.26. The summed E-state index contributed by atoms with van der Waals surface area (Å²) in [6, 6.07) is 4.57. The van der Waals surface area contributed by atoms with Crippen LogP contribution in [0.1, 0.15) is 24.7 Å². The lowest BCUT2D eigenvalue weighted by molar-refractivity contribution is 0.169. The molecule has 1 atom stereocenters. The van der Waals surface area contributed by atoms with Gasteiger partial charge in [0.15, 0.2) is 23.5 Å². The van der Waals surface area contributed by atoms with E-state index in [0.29, 0.717) is 16.2 Å². The third-order valence-electron chi connectivity index (χ3n) is 2.09. The number of hydrogen-bond donors (Lipinski definition) is 0. The molecule has 6 heteroatoms. The van der Waals surface area contributed by atoms with Gasteiger partial charge < -0.3 is 9.26 Å². The lowest BCUT2D eigenvalue weighted by Gasteiger charge is -2.11. The minimum atomic E-state index is -0.494. The molecule has 1 unspecified atom stereocenters. The van der Waals surface area contributed by atoms with Crippen LogP contribution in [-0.2, 0) is 0 Å². The van der Waals surface area contributed by atoms with Crippen LogP contribution in [0.15, 0.2) is 27.2 Å². The SMILES string of the molecule is Cc1noc(C(C)Oc2ccc(Br)cc2F)n1. The van der Waals surface area contributed by atoms with Crippen LogP contribution >= 0.6 is 15.9 Å². The van der Waals surface area contributed by atoms with Gasteiger partial charge in [-0.2, -0.15) is 4.98 Å². The molecule has 2 rings (SSSR count). The molecule has 2 aromatic rings. The Morgan fingerprint density at radius 2 is 2.24 bits per heavy atom. The second kappa shape index (κ2) is 4.83. The third kappa shape index (κ3) is 2.82. The zero-order valence-electron chi connectivity index (χ0n) is 9.28. The largest absolute Gasteiger partial charge is 0.478 e. The van der Waals surface area contributed by atoms with Crippen molar-refractivity contribution in [2.75, 3.05) is 0 Å². The summed E-state index contributed by atoms with van der Waals surface area (Å²) < 4.78 is 24.5. The highest BCUT2D eigenvalue weighted by Gasteiger charge is 2.16. The van der Waals surface area contributed by atoms with Gasteiger partial charge in [0, 0.05) is 4.47 Å². The molecule has 4 nitrogen and oxygen atoms in total. The molecule has 1 aromatic heterocycles. The molecular weight excluding hydrogens is 291 g/mol. The van der Waals surface area contributed by atoms with Crippen LogP contribution in [0.2, 0.25) is 0 Å². The summed E-state index contributed by atoms with van der Waals surface area (Å²) in [5, 5.41) is 3.65. The molecule has 1 heterocycles. The minimum absolute atomic E-state index is 0.150. The molecule has 0 bridgehead atoms. The molecule has 0 saturated heterocycles. The topological polar surface area (TPSA) is 48.2 Å². The number of benzene rings is 1. The lowest BCUT2D eigenvalue weighted by atomic mass is 10.3. The van der Waals surface area contributed by atoms with Crippen LogP contribution < -0.4 is 4.74 Å². The van der Waals surface area contributed by atoms with Gasteiger partial charge in [-0.05, 0) is 32.0 Å². The molecule has 0 aliphatic rings. The number of ether oxygens (including phenoxy) is 1. The summed E-state index contributed by atoms with van der Waals surface area (Å²) in [6.45, 7) is 3.42. The van der Waals surface area contributed by atoms with Crippen molar-refractivity contribution in [3.05, 3.63) is 40.2 Å². The summed E-state index contributed by atoms with van der Waals surface area (Å²) in [4.78, 5) is 4.02. The molecule has 0 N–H and O–H groups in total. The van der Waals surface area contributed by atoms with Crippen molar-refractivity contribution < 1.29 is 13.7 Å². The minimum Gasteiger partial charge on any atom is -0.478 e. The van der Waals surface area contributed by atoms with E-state index >= 15 is 0 Å². The molecule has 90 valence electrons. The van der Waals surface area contributed by atoms with Gasteiger partial charge in [0.2, 0.25) is 0 Å². The number of nitrogens with zero attached hydrogens (tertiary/aromatic N) is 2. The predicted octanol–water partition coefficient (Wildman–Crippen LogP) is 3.42. The van der Waals surface area contributed by atoms with Gasteiger partial charge in [-0.15, -0.1) is 0 Å². The maximum Gasteiger partial charge on any atom is 0.267 e. The Balaban J connectivity index is 2.15. The van der Waals surface area contributed by atoms with Crippen molar-refractivity contribution in [2.24, 2.45) is 0 Å². The molecule has 0 saturated carbocycles. The van der Waals surface area contributed by atoms with Crippen molar-refractivity contribution in [1.82, 2.24) is 10.1 Å². The number of halogens is 2. The Morgan fingerprint density at radius 1 is 1.47 bits per heavy atom. The first-order valence-corrected chi connectivity index (χ1v) is 5.77. The van der Waals surface area contributed by atoms with Gasteiger partial charge in [0.05, 0.1) is 0 Å². The van der Waals surface area contributed by atoms with E-state index in [4.69, 9.17) is 9.26 Å². The predicted molar refractivity (Wildman–Crippen MR) is 62.2 cm³/mol. The second-order valence-corrected chi connectivity index (χ2v) is 4.43. The van der Waals surface area contributed by atoms with E-state index in [2.05, 4.69) is 26.1 Å². The molecule has 0 fully saturated rings. The fourth-order valence-electron chi connectivity index (χ4n) is 1.29. The monoisotopic (exact) mass is 300 g/mol. The smallest absolute Gasteiger partial charge is 0.267 e. The van der Waals surface area contributed by atoms with Crippen LogP contribution in [0.4, 0.5) is 4.39 Å². The normalized spacial score (nSPS) is 12.5. The van der Waals surface area contributed by atoms with Crippen LogP contribution in [0.25, 0.3) is 0 Å². The molecule has 0 spiro atoms. The Labute approximate surface area is 106 Å². The zero-order chi connectivity index (χ0) is 12.4. The van der Waals surface area contributed by atoms with E-state index in [0.717, 1.165) is 0 Å². The number of rotatable bonds is 3. The summed E-state index contributed by atoms with van der Waals surface area (Å²) in [5.41, 5.74) is 0. The molecule has 17 heavy (non-hydrogen) atoms. The first kappa shape index (κ1) is 12.0. The maximum absolute atomic E-state index is 13.5. The standard InChI is InChI=1S/C11H10BrFN2O2/c1-6(11-14-7(2)15-17-11)16-10-4-3-8(12)5-9(10)13/h3-6H,1-2H3. The Kier molecular flexibility index (Phi) is 3.42. The van der Waals surface area contributed by atoms with Gasteiger partial charge >= 0.3 is 0 Å². The van der Waals surface area contributed by atoms with Gasteiger partial charge in [-0.3, -0.25) is 0 Å². The third-order valence-corrected chi connectivity index (χ3v) is 2.58. The molecule has 0 amide bonds. The first-order chi connectivity index (χ1) is 8.06. The Morgan fingerprint density at radius 3 is 2.82 bits per heavy atom. The van der Waals surface area contributed by atoms with Crippen LogP contribution in [0.3, 0.4) is 0 Å². The first-order valence-electron chi connectivity index (χ1n) is 4.98. The average Bonchev–Trinajstić information content (AvgIpc) is 2.69. The van der Waals surface area contributed by atoms with E-state index in [1.54, 1.807) is 26.0 Å². The molecule has 1 aromatic carbocycles. The van der Waals surface area contributed by atoms with Gasteiger partial charge in [0.1, 0.15) is 0 Å². The lowest BCUT2D eigenvalue weighted by Crippen LogP contribution is -2.04. The van der Waals surface area contributed by atoms with E-state index in [-0.39, 0.29) is 5.75 Å². The van der Waals surface area contributed by atoms with Gasteiger partial charge in [-0.25, -0.2) is 4.39 Å². The number of aryl methyl sites for hydroxylation is 1. The summed E-state index contributed by atoms with van der Waals surface area (Å²) in [6.07, 6.45) is -0.494. The van der Waals surface area contributed by atoms with Crippen LogP contribution in [0.5, 0.6) is 5.75 Å². The quantitative estimate of drug-likeness (QED) is 0.871. The van der Waals surface area contributed by atoms with E-state index in [1.165, 1.54) is 6.07 Å². The fourth-order valence-corrected chi connectivity index (χ4v) is 1.62. The van der Waals surface area contributed by atoms with Crippen molar-refractivity contribution in [2.45, 2.75) is 20.0 Å². The highest BCUT2D eigenvalue weighted by atomic mass is 79.9. The van der Waals surface area contributed by atoms with Crippen molar-refractivity contribution in [3.63, 3.8) is 0 Å². The van der Waals surface area contributed by atoms with Crippen LogP contribution in [-0.4, -0.2) is 10.1 Å². The highest BCUT2D eigenvalue weighted by molar-refractivity contribution is 9.10. The zero-order valence-corrected chi connectivity index (χ0v) is 10.9. The van der Waals surface area contributed by atoms with Crippen LogP contribution in [0, 0.1) is 12.7 Å². The van der Waals surface area contributed by atoms with Crippen molar-refractivity contribution in [1.29, 1.82) is 0 Å². The van der Waals surface area contributed by atoms with Crippen molar-refractivity contribution >= 4 is 15.9 Å².